The van der Waals surface area contributed by atoms with Crippen LogP contribution in [0.25, 0.3) is 0 Å². The number of esters is 2. The Bertz CT molecular complexity index is 1190. The molecule has 0 saturated carbocycles. The van der Waals surface area contributed by atoms with Gasteiger partial charge in [0.15, 0.2) is 14.1 Å². The average Bonchev–Trinajstić information content (AvgIpc) is 3.38. The number of hydrogen-bond donors (Lipinski definition) is 1. The lowest BCUT2D eigenvalue weighted by Crippen LogP contribution is -2.52. The van der Waals surface area contributed by atoms with E-state index in [0.717, 1.165) is 5.57 Å². The standard InChI is InChI=1S/C32H50O9Si/c1-13-37-29(35)22-17-24-27-32(9,41-31(7,8)39-27)18-25(40-42(11,12)30(4,5)6)26(33)21(28(34)36-10)15-14-20(19(2)3)16-23(22)38-24/h14-15,17,20-21,25-27,33H,2,13,16,18H2,1,3-12H3/b15-14-/t20?,21?,25-,26+,27-,32+/m0/s1. The van der Waals surface area contributed by atoms with Crippen LogP contribution in [0, 0.1) is 11.8 Å². The van der Waals surface area contributed by atoms with E-state index in [0.29, 0.717) is 17.1 Å². The van der Waals surface area contributed by atoms with Crippen LogP contribution < -0.4 is 0 Å². The van der Waals surface area contributed by atoms with Crippen LogP contribution in [0.5, 0.6) is 0 Å². The SMILES string of the molecule is C=C(C)C1/C=C\C(C(=O)OC)[C@@H](O)[C@@H](O[Si](C)(C)C(C)(C)C)C[C@@]2(C)OC(C)(C)O[C@H]2c2cc(C(=O)OCC)c(o2)C1. The summed E-state index contributed by atoms with van der Waals surface area (Å²) >= 11 is 0. The van der Waals surface area contributed by atoms with Crippen molar-refractivity contribution in [2.24, 2.45) is 11.8 Å². The van der Waals surface area contributed by atoms with Gasteiger partial charge in [0.05, 0.1) is 25.9 Å². The number of carbonyl (C=O) groups excluding carboxylic acids is 2. The molecule has 1 saturated heterocycles. The molecule has 2 aliphatic rings. The van der Waals surface area contributed by atoms with Crippen LogP contribution in [0.1, 0.15) is 89.8 Å². The van der Waals surface area contributed by atoms with Gasteiger partial charge in [-0.1, -0.05) is 45.1 Å². The van der Waals surface area contributed by atoms with Crippen LogP contribution in [0.3, 0.4) is 0 Å². The number of aliphatic hydroxyl groups excluding tert-OH is 1. The summed E-state index contributed by atoms with van der Waals surface area (Å²) < 4.78 is 36.7. The van der Waals surface area contributed by atoms with Crippen molar-refractivity contribution in [1.82, 2.24) is 0 Å². The lowest BCUT2D eigenvalue weighted by molar-refractivity contribution is -0.170. The number of rotatable bonds is 6. The normalized spacial score (nSPS) is 30.7. The fourth-order valence-electron chi connectivity index (χ4n) is 5.41. The summed E-state index contributed by atoms with van der Waals surface area (Å²) in [5, 5.41) is 11.7. The summed E-state index contributed by atoms with van der Waals surface area (Å²) in [5.74, 6) is -2.62. The molecule has 0 spiro atoms. The minimum atomic E-state index is -2.47. The Kier molecular flexibility index (Phi) is 10.1. The van der Waals surface area contributed by atoms with Gasteiger partial charge in [-0.25, -0.2) is 4.79 Å². The van der Waals surface area contributed by atoms with Crippen LogP contribution in [0.2, 0.25) is 18.1 Å². The number of allylic oxidation sites excluding steroid dienone is 2. The zero-order valence-electron chi connectivity index (χ0n) is 27.2. The molecule has 42 heavy (non-hydrogen) atoms. The molecule has 1 aromatic heterocycles. The molecule has 0 amide bonds. The van der Waals surface area contributed by atoms with E-state index in [1.54, 1.807) is 19.1 Å². The van der Waals surface area contributed by atoms with Gasteiger partial charge >= 0.3 is 11.9 Å². The molecule has 0 aromatic carbocycles. The van der Waals surface area contributed by atoms with Crippen molar-refractivity contribution in [3.8, 4) is 0 Å². The highest BCUT2D eigenvalue weighted by Gasteiger charge is 2.56. The summed E-state index contributed by atoms with van der Waals surface area (Å²) in [7, 11) is -1.17. The summed E-state index contributed by atoms with van der Waals surface area (Å²) in [6, 6.07) is 1.67. The Labute approximate surface area is 251 Å². The van der Waals surface area contributed by atoms with E-state index in [-0.39, 0.29) is 30.4 Å². The first-order valence-corrected chi connectivity index (χ1v) is 17.6. The highest BCUT2D eigenvalue weighted by molar-refractivity contribution is 6.74. The summed E-state index contributed by atoms with van der Waals surface area (Å²) in [6.45, 7) is 24.0. The van der Waals surface area contributed by atoms with Crippen molar-refractivity contribution in [3.05, 3.63) is 47.5 Å². The predicted octanol–water partition coefficient (Wildman–Crippen LogP) is 6.27. The van der Waals surface area contributed by atoms with E-state index in [1.807, 2.05) is 33.8 Å². The molecule has 6 atom stereocenters. The van der Waals surface area contributed by atoms with Crippen molar-refractivity contribution < 1.29 is 42.5 Å². The Morgan fingerprint density at radius 1 is 1.19 bits per heavy atom. The maximum atomic E-state index is 13.1. The molecular formula is C32H50O9Si. The van der Waals surface area contributed by atoms with Crippen molar-refractivity contribution in [2.75, 3.05) is 13.7 Å². The van der Waals surface area contributed by atoms with E-state index >= 15 is 0 Å². The van der Waals surface area contributed by atoms with Gasteiger partial charge in [-0.15, -0.1) is 0 Å². The number of aliphatic hydroxyl groups is 1. The van der Waals surface area contributed by atoms with Gasteiger partial charge in [-0.2, -0.15) is 0 Å². The van der Waals surface area contributed by atoms with Gasteiger partial charge in [-0.3, -0.25) is 4.79 Å². The second kappa shape index (κ2) is 12.4. The molecule has 2 unspecified atom stereocenters. The summed E-state index contributed by atoms with van der Waals surface area (Å²) in [5.41, 5.74) is 0.0235. The Morgan fingerprint density at radius 2 is 1.83 bits per heavy atom. The minimum absolute atomic E-state index is 0.171. The fourth-order valence-corrected chi connectivity index (χ4v) is 6.75. The van der Waals surface area contributed by atoms with Gasteiger partial charge in [-0.05, 0) is 58.8 Å². The topological polar surface area (TPSA) is 114 Å². The van der Waals surface area contributed by atoms with E-state index in [4.69, 9.17) is 27.8 Å². The van der Waals surface area contributed by atoms with Crippen LogP contribution in [0.15, 0.2) is 34.8 Å². The Morgan fingerprint density at radius 3 is 2.38 bits per heavy atom. The number of furan rings is 1. The first-order chi connectivity index (χ1) is 19.2. The number of carbonyl (C=O) groups is 2. The average molecular weight is 607 g/mol. The first kappa shape index (κ1) is 34.2. The molecular weight excluding hydrogens is 556 g/mol. The van der Waals surface area contributed by atoms with Crippen LogP contribution >= 0.6 is 0 Å². The van der Waals surface area contributed by atoms with E-state index < -0.39 is 55.9 Å². The molecule has 10 heteroatoms. The predicted molar refractivity (Wildman–Crippen MR) is 161 cm³/mol. The summed E-state index contributed by atoms with van der Waals surface area (Å²) in [6.07, 6.45) is 1.09. The minimum Gasteiger partial charge on any atom is -0.468 e. The molecule has 236 valence electrons. The molecule has 9 nitrogen and oxygen atoms in total. The second-order valence-corrected chi connectivity index (χ2v) is 18.5. The van der Waals surface area contributed by atoms with Gasteiger partial charge in [0.25, 0.3) is 0 Å². The fraction of sp³-hybridized carbons (Fsp3) is 0.688. The molecule has 3 heterocycles. The molecule has 2 bridgehead atoms. The Balaban J connectivity index is 2.28. The highest BCUT2D eigenvalue weighted by atomic mass is 28.4. The van der Waals surface area contributed by atoms with E-state index in [2.05, 4.69) is 40.4 Å². The number of methoxy groups -OCH3 is 1. The third-order valence-corrected chi connectivity index (χ3v) is 13.2. The van der Waals surface area contributed by atoms with E-state index in [9.17, 15) is 14.7 Å². The zero-order valence-corrected chi connectivity index (χ0v) is 28.2. The smallest absolute Gasteiger partial charge is 0.341 e. The van der Waals surface area contributed by atoms with Crippen LogP contribution in [-0.2, 0) is 34.6 Å². The molecule has 1 N–H and O–H groups in total. The third kappa shape index (κ3) is 7.27. The summed E-state index contributed by atoms with van der Waals surface area (Å²) in [4.78, 5) is 26.2. The van der Waals surface area contributed by atoms with Crippen molar-refractivity contribution in [2.45, 2.75) is 116 Å². The van der Waals surface area contributed by atoms with E-state index in [1.165, 1.54) is 7.11 Å². The number of hydrogen-bond acceptors (Lipinski definition) is 9. The molecule has 2 aliphatic heterocycles. The van der Waals surface area contributed by atoms with Gasteiger partial charge in [0, 0.05) is 18.8 Å². The Hall–Kier alpha value is -2.24. The highest BCUT2D eigenvalue weighted by Crippen LogP contribution is 2.50. The maximum Gasteiger partial charge on any atom is 0.341 e. The van der Waals surface area contributed by atoms with Crippen molar-refractivity contribution in [1.29, 1.82) is 0 Å². The van der Waals surface area contributed by atoms with Crippen LogP contribution in [0.4, 0.5) is 0 Å². The van der Waals surface area contributed by atoms with Gasteiger partial charge in [0.1, 0.15) is 34.7 Å². The van der Waals surface area contributed by atoms with Gasteiger partial charge < -0.3 is 32.9 Å². The lowest BCUT2D eigenvalue weighted by atomic mass is 9.84. The van der Waals surface area contributed by atoms with Crippen LogP contribution in [-0.4, -0.2) is 62.7 Å². The third-order valence-electron chi connectivity index (χ3n) is 8.69. The molecule has 0 aliphatic carbocycles. The number of ether oxygens (including phenoxy) is 4. The monoisotopic (exact) mass is 606 g/mol. The molecule has 1 aromatic rings. The largest absolute Gasteiger partial charge is 0.468 e. The van der Waals surface area contributed by atoms with Gasteiger partial charge in [0.2, 0.25) is 0 Å². The molecule has 3 rings (SSSR count). The quantitative estimate of drug-likeness (QED) is 0.227. The van der Waals surface area contributed by atoms with Crippen molar-refractivity contribution in [3.63, 3.8) is 0 Å². The second-order valence-electron chi connectivity index (χ2n) is 13.7. The number of fused-ring (bicyclic) bond motifs is 4. The first-order valence-electron chi connectivity index (χ1n) is 14.7. The molecule has 1 fully saturated rings. The van der Waals surface area contributed by atoms with Crippen molar-refractivity contribution >= 4 is 20.3 Å². The lowest BCUT2D eigenvalue weighted by Gasteiger charge is -2.43. The zero-order chi connectivity index (χ0) is 31.8. The molecule has 0 radical (unpaired) electrons. The maximum absolute atomic E-state index is 13.1.